The summed E-state index contributed by atoms with van der Waals surface area (Å²) in [4.78, 5) is 11.2. The molecule has 0 spiro atoms. The molecule has 1 saturated heterocycles. The van der Waals surface area contributed by atoms with Crippen LogP contribution in [-0.4, -0.2) is 18.9 Å². The summed E-state index contributed by atoms with van der Waals surface area (Å²) in [5, 5.41) is 3.27. The maximum atomic E-state index is 11.2. The first-order chi connectivity index (χ1) is 4.88. The van der Waals surface area contributed by atoms with Gasteiger partial charge in [-0.05, 0) is 25.3 Å². The van der Waals surface area contributed by atoms with Crippen molar-refractivity contribution in [1.29, 1.82) is 0 Å². The minimum atomic E-state index is 0.383. The molecule has 0 radical (unpaired) electrons. The largest absolute Gasteiger partial charge is 0.316 e. The number of carbonyl (C=O) groups is 1. The molecule has 0 aromatic heterocycles. The Morgan fingerprint density at radius 3 is 3.10 bits per heavy atom. The maximum absolute atomic E-state index is 11.2. The predicted molar refractivity (Wildman–Crippen MR) is 38.7 cm³/mol. The Morgan fingerprint density at radius 2 is 2.30 bits per heavy atom. The molecule has 2 unspecified atom stereocenters. The monoisotopic (exact) mass is 139 g/mol. The van der Waals surface area contributed by atoms with Crippen LogP contribution in [0.1, 0.15) is 19.3 Å². The Kier molecular flexibility index (Phi) is 1.49. The Labute approximate surface area is 61.0 Å². The lowest BCUT2D eigenvalue weighted by molar-refractivity contribution is -0.125. The lowest BCUT2D eigenvalue weighted by atomic mass is 9.81. The number of fused-ring (bicyclic) bond motifs is 1. The number of ketones is 1. The number of nitrogens with one attached hydrogen (secondary N) is 1. The lowest BCUT2D eigenvalue weighted by Crippen LogP contribution is -2.26. The van der Waals surface area contributed by atoms with Crippen LogP contribution in [-0.2, 0) is 4.79 Å². The van der Waals surface area contributed by atoms with Gasteiger partial charge in [0, 0.05) is 18.9 Å². The van der Waals surface area contributed by atoms with Gasteiger partial charge in [0.2, 0.25) is 0 Å². The summed E-state index contributed by atoms with van der Waals surface area (Å²) in [6, 6.07) is 0. The molecule has 2 aliphatic rings. The highest BCUT2D eigenvalue weighted by atomic mass is 16.1. The van der Waals surface area contributed by atoms with Crippen molar-refractivity contribution in [3.63, 3.8) is 0 Å². The molecule has 2 rings (SSSR count). The van der Waals surface area contributed by atoms with E-state index >= 15 is 0 Å². The highest BCUT2D eigenvalue weighted by Gasteiger charge is 2.34. The van der Waals surface area contributed by atoms with Crippen LogP contribution in [0.2, 0.25) is 0 Å². The third-order valence-electron chi connectivity index (χ3n) is 2.75. The smallest absolute Gasteiger partial charge is 0.137 e. The predicted octanol–water partition coefficient (Wildman–Crippen LogP) is 0.575. The normalized spacial score (nSPS) is 39.8. The molecule has 2 atom stereocenters. The average Bonchev–Trinajstić information content (AvgIpc) is 2.36. The molecule has 1 N–H and O–H groups in total. The van der Waals surface area contributed by atoms with Gasteiger partial charge in [0.15, 0.2) is 0 Å². The van der Waals surface area contributed by atoms with Crippen molar-refractivity contribution in [2.45, 2.75) is 19.3 Å². The standard InChI is InChI=1S/C8H13NO/c10-8-3-1-2-6-4-9-5-7(6)8/h6-7,9H,1-5H2. The summed E-state index contributed by atoms with van der Waals surface area (Å²) in [5.41, 5.74) is 0. The second-order valence-electron chi connectivity index (χ2n) is 3.38. The second kappa shape index (κ2) is 2.35. The minimum absolute atomic E-state index is 0.383. The van der Waals surface area contributed by atoms with Gasteiger partial charge in [-0.1, -0.05) is 0 Å². The Bertz CT molecular complexity index is 155. The summed E-state index contributed by atoms with van der Waals surface area (Å²) in [5.74, 6) is 1.57. The Hall–Kier alpha value is -0.370. The summed E-state index contributed by atoms with van der Waals surface area (Å²) >= 11 is 0. The van der Waals surface area contributed by atoms with Crippen LogP contribution in [0.5, 0.6) is 0 Å². The van der Waals surface area contributed by atoms with E-state index < -0.39 is 0 Å². The van der Waals surface area contributed by atoms with Crippen molar-refractivity contribution < 1.29 is 4.79 Å². The molecule has 2 nitrogen and oxygen atoms in total. The van der Waals surface area contributed by atoms with Crippen molar-refractivity contribution in [3.8, 4) is 0 Å². The SMILES string of the molecule is O=C1CCCC2CNCC12. The van der Waals surface area contributed by atoms with Gasteiger partial charge in [-0.3, -0.25) is 4.79 Å². The van der Waals surface area contributed by atoms with Crippen molar-refractivity contribution >= 4 is 5.78 Å². The molecular formula is C8H13NO. The van der Waals surface area contributed by atoms with Crippen molar-refractivity contribution in [1.82, 2.24) is 5.32 Å². The molecular weight excluding hydrogens is 126 g/mol. The zero-order valence-electron chi connectivity index (χ0n) is 6.10. The van der Waals surface area contributed by atoms with Gasteiger partial charge in [0.1, 0.15) is 5.78 Å². The van der Waals surface area contributed by atoms with Crippen LogP contribution >= 0.6 is 0 Å². The Morgan fingerprint density at radius 1 is 1.40 bits per heavy atom. The average molecular weight is 139 g/mol. The molecule has 1 aliphatic carbocycles. The van der Waals surface area contributed by atoms with E-state index in [9.17, 15) is 4.79 Å². The minimum Gasteiger partial charge on any atom is -0.316 e. The number of Topliss-reactive ketones (excluding diaryl/α,β-unsaturated/α-hetero) is 1. The fourth-order valence-corrected chi connectivity index (χ4v) is 2.14. The molecule has 1 aliphatic heterocycles. The molecule has 2 heteroatoms. The van der Waals surface area contributed by atoms with E-state index in [0.29, 0.717) is 17.6 Å². The highest BCUT2D eigenvalue weighted by molar-refractivity contribution is 5.82. The molecule has 0 amide bonds. The molecule has 0 bridgehead atoms. The van der Waals surface area contributed by atoms with E-state index in [2.05, 4.69) is 5.32 Å². The van der Waals surface area contributed by atoms with Crippen LogP contribution < -0.4 is 5.32 Å². The van der Waals surface area contributed by atoms with Crippen molar-refractivity contribution in [2.75, 3.05) is 13.1 Å². The lowest BCUT2D eigenvalue weighted by Gasteiger charge is -2.21. The topological polar surface area (TPSA) is 29.1 Å². The van der Waals surface area contributed by atoms with Gasteiger partial charge in [-0.25, -0.2) is 0 Å². The Balaban J connectivity index is 2.10. The van der Waals surface area contributed by atoms with E-state index in [1.807, 2.05) is 0 Å². The molecule has 10 heavy (non-hydrogen) atoms. The number of carbonyl (C=O) groups excluding carboxylic acids is 1. The molecule has 0 aromatic rings. The van der Waals surface area contributed by atoms with Crippen LogP contribution in [0.4, 0.5) is 0 Å². The quantitative estimate of drug-likeness (QED) is 0.531. The summed E-state index contributed by atoms with van der Waals surface area (Å²) in [6.45, 7) is 2.03. The first kappa shape index (κ1) is 6.35. The molecule has 56 valence electrons. The van der Waals surface area contributed by atoms with Crippen LogP contribution in [0.25, 0.3) is 0 Å². The van der Waals surface area contributed by atoms with Crippen LogP contribution in [0.3, 0.4) is 0 Å². The van der Waals surface area contributed by atoms with E-state index in [4.69, 9.17) is 0 Å². The zero-order valence-corrected chi connectivity index (χ0v) is 6.10. The fourth-order valence-electron chi connectivity index (χ4n) is 2.14. The summed E-state index contributed by atoms with van der Waals surface area (Å²) in [6.07, 6.45) is 3.23. The third kappa shape index (κ3) is 0.870. The van der Waals surface area contributed by atoms with Gasteiger partial charge in [0.25, 0.3) is 0 Å². The molecule has 1 heterocycles. The van der Waals surface area contributed by atoms with E-state index in [1.54, 1.807) is 0 Å². The van der Waals surface area contributed by atoms with E-state index in [-0.39, 0.29) is 0 Å². The number of hydrogen-bond acceptors (Lipinski definition) is 2. The van der Waals surface area contributed by atoms with Gasteiger partial charge >= 0.3 is 0 Å². The van der Waals surface area contributed by atoms with Gasteiger partial charge < -0.3 is 5.32 Å². The first-order valence-electron chi connectivity index (χ1n) is 4.11. The zero-order chi connectivity index (χ0) is 6.97. The fraction of sp³-hybridized carbons (Fsp3) is 0.875. The van der Waals surface area contributed by atoms with Crippen molar-refractivity contribution in [2.24, 2.45) is 11.8 Å². The van der Waals surface area contributed by atoms with Gasteiger partial charge in [-0.15, -0.1) is 0 Å². The van der Waals surface area contributed by atoms with E-state index in [1.165, 1.54) is 6.42 Å². The molecule has 2 fully saturated rings. The van der Waals surface area contributed by atoms with Crippen molar-refractivity contribution in [3.05, 3.63) is 0 Å². The van der Waals surface area contributed by atoms with Crippen LogP contribution in [0, 0.1) is 11.8 Å². The summed E-state index contributed by atoms with van der Waals surface area (Å²) in [7, 11) is 0. The van der Waals surface area contributed by atoms with Crippen LogP contribution in [0.15, 0.2) is 0 Å². The first-order valence-corrected chi connectivity index (χ1v) is 4.11. The van der Waals surface area contributed by atoms with Gasteiger partial charge in [-0.2, -0.15) is 0 Å². The molecule has 0 aromatic carbocycles. The number of rotatable bonds is 0. The van der Waals surface area contributed by atoms with E-state index in [0.717, 1.165) is 25.9 Å². The molecule has 1 saturated carbocycles. The number of hydrogen-bond donors (Lipinski definition) is 1. The highest BCUT2D eigenvalue weighted by Crippen LogP contribution is 2.29. The maximum Gasteiger partial charge on any atom is 0.137 e. The van der Waals surface area contributed by atoms with Gasteiger partial charge in [0.05, 0.1) is 0 Å². The second-order valence-corrected chi connectivity index (χ2v) is 3.38. The third-order valence-corrected chi connectivity index (χ3v) is 2.75. The summed E-state index contributed by atoms with van der Waals surface area (Å²) < 4.78 is 0.